The van der Waals surface area contributed by atoms with E-state index in [-0.39, 0.29) is 34.7 Å². The van der Waals surface area contributed by atoms with Gasteiger partial charge in [-0.25, -0.2) is 0 Å². The number of ether oxygens (including phenoxy) is 1. The van der Waals surface area contributed by atoms with Crippen LogP contribution in [0.4, 0.5) is 5.69 Å². The summed E-state index contributed by atoms with van der Waals surface area (Å²) in [6.07, 6.45) is 0.392. The third-order valence-electron chi connectivity index (χ3n) is 4.04. The van der Waals surface area contributed by atoms with Crippen LogP contribution in [0.1, 0.15) is 45.2 Å². The van der Waals surface area contributed by atoms with E-state index in [4.69, 9.17) is 4.74 Å². The molecule has 0 heterocycles. The second-order valence-corrected chi connectivity index (χ2v) is 5.37. The normalized spacial score (nSPS) is 14.2. The number of phenols is 1. The van der Waals surface area contributed by atoms with Gasteiger partial charge in [0.1, 0.15) is 6.23 Å². The maximum Gasteiger partial charge on any atom is 0.198 e. The SMILES string of the molecule is CCC(Nc1ccc2c(c1O)C(=O)c1ccccc1C2=O)OC. The minimum Gasteiger partial charge on any atom is -0.505 e. The fraction of sp³-hybridized carbons (Fsp3) is 0.222. The first-order valence-electron chi connectivity index (χ1n) is 7.42. The van der Waals surface area contributed by atoms with Crippen LogP contribution < -0.4 is 5.32 Å². The highest BCUT2D eigenvalue weighted by Gasteiger charge is 2.32. The number of nitrogens with one attached hydrogen (secondary N) is 1. The van der Waals surface area contributed by atoms with E-state index >= 15 is 0 Å². The smallest absolute Gasteiger partial charge is 0.198 e. The van der Waals surface area contributed by atoms with Crippen LogP contribution in [0.25, 0.3) is 0 Å². The number of fused-ring (bicyclic) bond motifs is 2. The van der Waals surface area contributed by atoms with Gasteiger partial charge in [0, 0.05) is 23.8 Å². The highest BCUT2D eigenvalue weighted by molar-refractivity contribution is 6.29. The molecule has 118 valence electrons. The van der Waals surface area contributed by atoms with Crippen molar-refractivity contribution in [2.45, 2.75) is 19.6 Å². The Labute approximate surface area is 133 Å². The highest BCUT2D eigenvalue weighted by Crippen LogP contribution is 2.37. The number of rotatable bonds is 4. The molecule has 1 aliphatic rings. The minimum absolute atomic E-state index is 0.0460. The first kappa shape index (κ1) is 15.2. The number of aromatic hydroxyl groups is 1. The first-order valence-corrected chi connectivity index (χ1v) is 7.42. The van der Waals surface area contributed by atoms with Gasteiger partial charge in [-0.15, -0.1) is 0 Å². The van der Waals surface area contributed by atoms with Crippen LogP contribution in [0, 0.1) is 0 Å². The zero-order valence-corrected chi connectivity index (χ0v) is 12.9. The van der Waals surface area contributed by atoms with Crippen LogP contribution in [0.2, 0.25) is 0 Å². The van der Waals surface area contributed by atoms with Gasteiger partial charge in [-0.05, 0) is 18.6 Å². The summed E-state index contributed by atoms with van der Waals surface area (Å²) in [7, 11) is 1.56. The fourth-order valence-electron chi connectivity index (χ4n) is 2.79. The predicted molar refractivity (Wildman–Crippen MR) is 86.1 cm³/mol. The molecule has 1 aliphatic carbocycles. The van der Waals surface area contributed by atoms with E-state index in [1.54, 1.807) is 43.5 Å². The van der Waals surface area contributed by atoms with Gasteiger partial charge in [-0.1, -0.05) is 31.2 Å². The maximum absolute atomic E-state index is 12.7. The van der Waals surface area contributed by atoms with Crippen LogP contribution in [-0.4, -0.2) is 30.0 Å². The zero-order valence-electron chi connectivity index (χ0n) is 12.9. The summed E-state index contributed by atoms with van der Waals surface area (Å²) in [5, 5.41) is 13.5. The number of hydrogen-bond donors (Lipinski definition) is 2. The third-order valence-corrected chi connectivity index (χ3v) is 4.04. The number of carbonyl (C=O) groups excluding carboxylic acids is 2. The maximum atomic E-state index is 12.7. The van der Waals surface area contributed by atoms with Crippen molar-refractivity contribution in [1.29, 1.82) is 0 Å². The van der Waals surface area contributed by atoms with Crippen molar-refractivity contribution in [1.82, 2.24) is 0 Å². The van der Waals surface area contributed by atoms with Crippen molar-refractivity contribution in [3.8, 4) is 5.75 Å². The minimum atomic E-state index is -0.346. The standard InChI is InChI=1S/C18H17NO4/c1-3-14(23-2)19-13-9-8-12-15(18(13)22)17(21)11-7-5-4-6-10(11)16(12)20/h4-9,14,19,22H,3H2,1-2H3. The summed E-state index contributed by atoms with van der Waals surface area (Å²) in [6.45, 7) is 1.93. The molecule has 1 atom stereocenters. The molecule has 0 aliphatic heterocycles. The largest absolute Gasteiger partial charge is 0.505 e. The highest BCUT2D eigenvalue weighted by atomic mass is 16.5. The molecule has 0 saturated carbocycles. The Hall–Kier alpha value is -2.66. The first-order chi connectivity index (χ1) is 11.1. The lowest BCUT2D eigenvalue weighted by Crippen LogP contribution is -2.23. The number of methoxy groups -OCH3 is 1. The molecule has 1 unspecified atom stereocenters. The Balaban J connectivity index is 2.11. The van der Waals surface area contributed by atoms with E-state index < -0.39 is 0 Å². The summed E-state index contributed by atoms with van der Waals surface area (Å²) in [6, 6.07) is 9.80. The van der Waals surface area contributed by atoms with Crippen molar-refractivity contribution >= 4 is 17.3 Å². The Bertz CT molecular complexity index is 794. The number of phenolic OH excluding ortho intramolecular Hbond substituents is 1. The quantitative estimate of drug-likeness (QED) is 0.572. The molecule has 0 aromatic heterocycles. The van der Waals surface area contributed by atoms with Gasteiger partial charge in [0.25, 0.3) is 0 Å². The number of hydrogen-bond acceptors (Lipinski definition) is 5. The van der Waals surface area contributed by atoms with Crippen molar-refractivity contribution in [3.63, 3.8) is 0 Å². The molecular weight excluding hydrogens is 294 g/mol. The molecule has 2 aromatic carbocycles. The van der Waals surface area contributed by atoms with Crippen molar-refractivity contribution in [2.75, 3.05) is 12.4 Å². The van der Waals surface area contributed by atoms with E-state index in [0.717, 1.165) is 0 Å². The second kappa shape index (κ2) is 5.85. The molecule has 0 saturated heterocycles. The number of carbonyl (C=O) groups is 2. The monoisotopic (exact) mass is 311 g/mol. The Morgan fingerprint density at radius 1 is 1.04 bits per heavy atom. The molecule has 3 rings (SSSR count). The van der Waals surface area contributed by atoms with Crippen LogP contribution in [-0.2, 0) is 4.74 Å². The molecule has 2 aromatic rings. The summed E-state index contributed by atoms with van der Waals surface area (Å²) < 4.78 is 5.23. The average molecular weight is 311 g/mol. The molecular formula is C18H17NO4. The molecule has 5 nitrogen and oxygen atoms in total. The van der Waals surface area contributed by atoms with Crippen LogP contribution in [0.15, 0.2) is 36.4 Å². The Kier molecular flexibility index (Phi) is 3.88. The van der Waals surface area contributed by atoms with Crippen molar-refractivity contribution in [3.05, 3.63) is 58.7 Å². The summed E-state index contributed by atoms with van der Waals surface area (Å²) >= 11 is 0. The van der Waals surface area contributed by atoms with Gasteiger partial charge < -0.3 is 15.2 Å². The molecule has 0 spiro atoms. The Morgan fingerprint density at radius 2 is 1.70 bits per heavy atom. The van der Waals surface area contributed by atoms with Gasteiger partial charge in [0.15, 0.2) is 17.3 Å². The Morgan fingerprint density at radius 3 is 2.30 bits per heavy atom. The van der Waals surface area contributed by atoms with Gasteiger partial charge in [0.2, 0.25) is 0 Å². The van der Waals surface area contributed by atoms with Gasteiger partial charge in [0.05, 0.1) is 11.3 Å². The summed E-state index contributed by atoms with van der Waals surface area (Å²) in [5.74, 6) is -0.816. The lowest BCUT2D eigenvalue weighted by molar-refractivity contribution is 0.0976. The average Bonchev–Trinajstić information content (AvgIpc) is 2.58. The number of ketones is 2. The molecule has 23 heavy (non-hydrogen) atoms. The number of benzene rings is 2. The molecule has 5 heteroatoms. The fourth-order valence-corrected chi connectivity index (χ4v) is 2.79. The van der Waals surface area contributed by atoms with Gasteiger partial charge in [-0.2, -0.15) is 0 Å². The molecule has 0 amide bonds. The van der Waals surface area contributed by atoms with Gasteiger partial charge >= 0.3 is 0 Å². The van der Waals surface area contributed by atoms with Gasteiger partial charge in [-0.3, -0.25) is 9.59 Å². The van der Waals surface area contributed by atoms with E-state index in [2.05, 4.69) is 5.32 Å². The van der Waals surface area contributed by atoms with Crippen LogP contribution >= 0.6 is 0 Å². The zero-order chi connectivity index (χ0) is 16.6. The van der Waals surface area contributed by atoms with Crippen LogP contribution in [0.5, 0.6) is 5.75 Å². The second-order valence-electron chi connectivity index (χ2n) is 5.37. The third kappa shape index (κ3) is 2.39. The molecule has 0 fully saturated rings. The van der Waals surface area contributed by atoms with E-state index in [9.17, 15) is 14.7 Å². The van der Waals surface area contributed by atoms with E-state index in [0.29, 0.717) is 23.2 Å². The molecule has 0 bridgehead atoms. The summed E-state index contributed by atoms with van der Waals surface area (Å²) in [4.78, 5) is 25.2. The lowest BCUT2D eigenvalue weighted by atomic mass is 9.83. The topological polar surface area (TPSA) is 75.6 Å². The van der Waals surface area contributed by atoms with Crippen molar-refractivity contribution in [2.24, 2.45) is 0 Å². The molecule has 0 radical (unpaired) electrons. The van der Waals surface area contributed by atoms with E-state index in [1.165, 1.54) is 0 Å². The van der Waals surface area contributed by atoms with Crippen LogP contribution in [0.3, 0.4) is 0 Å². The van der Waals surface area contributed by atoms with Crippen molar-refractivity contribution < 1.29 is 19.4 Å². The lowest BCUT2D eigenvalue weighted by Gasteiger charge is -2.22. The predicted octanol–water partition coefficient (Wildman–Crippen LogP) is 2.96. The number of anilines is 1. The van der Waals surface area contributed by atoms with E-state index in [1.807, 2.05) is 6.92 Å². The summed E-state index contributed by atoms with van der Waals surface area (Å²) in [5.41, 5.74) is 1.33. The molecule has 2 N–H and O–H groups in total.